The lowest BCUT2D eigenvalue weighted by Crippen LogP contribution is -2.44. The molecule has 6 nitrogen and oxygen atoms in total. The van der Waals surface area contributed by atoms with Gasteiger partial charge >= 0.3 is 0 Å². The van der Waals surface area contributed by atoms with Gasteiger partial charge in [-0.1, -0.05) is 18.2 Å². The van der Waals surface area contributed by atoms with E-state index in [-0.39, 0.29) is 23.8 Å². The highest BCUT2D eigenvalue weighted by Gasteiger charge is 2.38. The normalized spacial score (nSPS) is 23.9. The average molecular weight is 338 g/mol. The van der Waals surface area contributed by atoms with Crippen LogP contribution in [0.5, 0.6) is 0 Å². The van der Waals surface area contributed by atoms with Crippen LogP contribution < -0.4 is 4.90 Å². The lowest BCUT2D eigenvalue weighted by molar-refractivity contribution is -0.137. The summed E-state index contributed by atoms with van der Waals surface area (Å²) in [5, 5.41) is 4.31. The number of rotatable bonds is 3. The Bertz CT molecular complexity index is 744. The smallest absolute Gasteiger partial charge is 0.228 e. The molecule has 2 atom stereocenters. The SMILES string of the molecule is O=C(C1CC(=O)N(c2ccccc2)C1)N1CCCC(n2cccn2)C1. The predicted molar refractivity (Wildman–Crippen MR) is 94.0 cm³/mol. The molecular weight excluding hydrogens is 316 g/mol. The maximum atomic E-state index is 13.0. The summed E-state index contributed by atoms with van der Waals surface area (Å²) >= 11 is 0. The second kappa shape index (κ2) is 6.70. The number of anilines is 1. The topological polar surface area (TPSA) is 58.4 Å². The van der Waals surface area contributed by atoms with E-state index in [0.29, 0.717) is 19.5 Å². The zero-order chi connectivity index (χ0) is 17.2. The molecule has 1 aromatic heterocycles. The number of nitrogens with zero attached hydrogens (tertiary/aromatic N) is 4. The Morgan fingerprint density at radius 3 is 2.72 bits per heavy atom. The van der Waals surface area contributed by atoms with E-state index in [2.05, 4.69) is 5.10 Å². The maximum absolute atomic E-state index is 13.0. The fourth-order valence-corrected chi connectivity index (χ4v) is 3.86. The van der Waals surface area contributed by atoms with Crippen molar-refractivity contribution >= 4 is 17.5 Å². The Morgan fingerprint density at radius 2 is 1.96 bits per heavy atom. The zero-order valence-corrected chi connectivity index (χ0v) is 14.1. The van der Waals surface area contributed by atoms with Crippen molar-refractivity contribution in [1.29, 1.82) is 0 Å². The highest BCUT2D eigenvalue weighted by molar-refractivity contribution is 6.00. The predicted octanol–water partition coefficient (Wildman–Crippen LogP) is 2.10. The standard InChI is InChI=1S/C19H22N4O2/c24-18-12-15(13-22(18)16-6-2-1-3-7-16)19(25)21-10-4-8-17(14-21)23-11-5-9-20-23/h1-3,5-7,9,11,15,17H,4,8,10,12-14H2. The number of benzene rings is 1. The van der Waals surface area contributed by atoms with Crippen LogP contribution >= 0.6 is 0 Å². The van der Waals surface area contributed by atoms with Gasteiger partial charge < -0.3 is 9.80 Å². The van der Waals surface area contributed by atoms with Gasteiger partial charge in [0.1, 0.15) is 0 Å². The van der Waals surface area contributed by atoms with Crippen molar-refractivity contribution < 1.29 is 9.59 Å². The summed E-state index contributed by atoms with van der Waals surface area (Å²) in [5.41, 5.74) is 0.871. The molecule has 0 spiro atoms. The van der Waals surface area contributed by atoms with Gasteiger partial charge in [0, 0.05) is 44.1 Å². The van der Waals surface area contributed by atoms with Crippen LogP contribution in [0.4, 0.5) is 5.69 Å². The third-order valence-corrected chi connectivity index (χ3v) is 5.15. The van der Waals surface area contributed by atoms with Gasteiger partial charge in [0.05, 0.1) is 12.0 Å². The number of piperidine rings is 1. The highest BCUT2D eigenvalue weighted by Crippen LogP contribution is 2.28. The first kappa shape index (κ1) is 15.9. The summed E-state index contributed by atoms with van der Waals surface area (Å²) in [6.45, 7) is 1.92. The van der Waals surface area contributed by atoms with Crippen LogP contribution in [0, 0.1) is 5.92 Å². The molecule has 0 radical (unpaired) electrons. The molecule has 4 rings (SSSR count). The molecule has 2 aliphatic rings. The first-order valence-electron chi connectivity index (χ1n) is 8.85. The summed E-state index contributed by atoms with van der Waals surface area (Å²) in [6.07, 6.45) is 6.03. The Balaban J connectivity index is 1.43. The molecule has 25 heavy (non-hydrogen) atoms. The van der Waals surface area contributed by atoms with Crippen LogP contribution in [0.3, 0.4) is 0 Å². The van der Waals surface area contributed by atoms with E-state index in [1.807, 2.05) is 52.2 Å². The second-order valence-corrected chi connectivity index (χ2v) is 6.81. The number of para-hydroxylation sites is 1. The van der Waals surface area contributed by atoms with Crippen molar-refractivity contribution in [3.05, 3.63) is 48.8 Å². The van der Waals surface area contributed by atoms with E-state index in [1.54, 1.807) is 11.1 Å². The van der Waals surface area contributed by atoms with E-state index < -0.39 is 0 Å². The molecule has 0 aliphatic carbocycles. The van der Waals surface area contributed by atoms with Crippen LogP contribution in [-0.2, 0) is 9.59 Å². The van der Waals surface area contributed by atoms with E-state index in [0.717, 1.165) is 25.1 Å². The molecule has 0 saturated carbocycles. The van der Waals surface area contributed by atoms with E-state index in [9.17, 15) is 9.59 Å². The fraction of sp³-hybridized carbons (Fsp3) is 0.421. The molecule has 6 heteroatoms. The minimum absolute atomic E-state index is 0.0326. The number of carbonyl (C=O) groups excluding carboxylic acids is 2. The van der Waals surface area contributed by atoms with Crippen molar-refractivity contribution in [2.75, 3.05) is 24.5 Å². The van der Waals surface area contributed by atoms with Crippen molar-refractivity contribution in [3.63, 3.8) is 0 Å². The minimum atomic E-state index is -0.246. The number of aromatic nitrogens is 2. The number of carbonyl (C=O) groups is 2. The summed E-state index contributed by atoms with van der Waals surface area (Å²) in [4.78, 5) is 29.0. The van der Waals surface area contributed by atoms with Crippen molar-refractivity contribution in [2.24, 2.45) is 5.92 Å². The van der Waals surface area contributed by atoms with E-state index in [4.69, 9.17) is 0 Å². The molecule has 0 bridgehead atoms. The van der Waals surface area contributed by atoms with E-state index >= 15 is 0 Å². The molecular formula is C19H22N4O2. The molecule has 2 fully saturated rings. The molecule has 2 aromatic rings. The molecule has 1 aromatic carbocycles. The molecule has 3 heterocycles. The third kappa shape index (κ3) is 3.16. The number of amides is 2. The minimum Gasteiger partial charge on any atom is -0.340 e. The number of hydrogen-bond donors (Lipinski definition) is 0. The zero-order valence-electron chi connectivity index (χ0n) is 14.1. The van der Waals surface area contributed by atoms with Gasteiger partial charge in [-0.05, 0) is 31.0 Å². The van der Waals surface area contributed by atoms with Gasteiger partial charge in [-0.3, -0.25) is 14.3 Å². The summed E-state index contributed by atoms with van der Waals surface area (Å²) in [6, 6.07) is 11.7. The highest BCUT2D eigenvalue weighted by atomic mass is 16.2. The first-order valence-corrected chi connectivity index (χ1v) is 8.85. The Labute approximate surface area is 147 Å². The van der Waals surface area contributed by atoms with Crippen LogP contribution in [0.25, 0.3) is 0 Å². The lowest BCUT2D eigenvalue weighted by Gasteiger charge is -2.34. The first-order chi connectivity index (χ1) is 12.2. The quantitative estimate of drug-likeness (QED) is 0.861. The Morgan fingerprint density at radius 1 is 1.12 bits per heavy atom. The molecule has 2 saturated heterocycles. The maximum Gasteiger partial charge on any atom is 0.228 e. The second-order valence-electron chi connectivity index (χ2n) is 6.81. The van der Waals surface area contributed by atoms with Gasteiger partial charge in [0.15, 0.2) is 0 Å². The third-order valence-electron chi connectivity index (χ3n) is 5.15. The van der Waals surface area contributed by atoms with Gasteiger partial charge in [0.25, 0.3) is 0 Å². The summed E-state index contributed by atoms with van der Waals surface area (Å²) in [7, 11) is 0. The molecule has 130 valence electrons. The van der Waals surface area contributed by atoms with Gasteiger partial charge in [-0.25, -0.2) is 0 Å². The van der Waals surface area contributed by atoms with Crippen LogP contribution in [-0.4, -0.2) is 46.1 Å². The average Bonchev–Trinajstić information content (AvgIpc) is 3.32. The number of hydrogen-bond acceptors (Lipinski definition) is 3. The number of likely N-dealkylation sites (tertiary alicyclic amines) is 1. The van der Waals surface area contributed by atoms with Crippen LogP contribution in [0.1, 0.15) is 25.3 Å². The Kier molecular flexibility index (Phi) is 4.26. The lowest BCUT2D eigenvalue weighted by atomic mass is 10.0. The largest absolute Gasteiger partial charge is 0.340 e. The van der Waals surface area contributed by atoms with Crippen molar-refractivity contribution in [1.82, 2.24) is 14.7 Å². The van der Waals surface area contributed by atoms with Gasteiger partial charge in [-0.15, -0.1) is 0 Å². The molecule has 2 unspecified atom stereocenters. The van der Waals surface area contributed by atoms with Gasteiger partial charge in [0.2, 0.25) is 11.8 Å². The summed E-state index contributed by atoms with van der Waals surface area (Å²) < 4.78 is 1.94. The molecule has 0 N–H and O–H groups in total. The van der Waals surface area contributed by atoms with Crippen molar-refractivity contribution in [2.45, 2.75) is 25.3 Å². The molecule has 2 amide bonds. The monoisotopic (exact) mass is 338 g/mol. The summed E-state index contributed by atoms with van der Waals surface area (Å²) in [5.74, 6) is -0.113. The van der Waals surface area contributed by atoms with Crippen molar-refractivity contribution in [3.8, 4) is 0 Å². The van der Waals surface area contributed by atoms with Crippen LogP contribution in [0.2, 0.25) is 0 Å². The Hall–Kier alpha value is -2.63. The van der Waals surface area contributed by atoms with Crippen LogP contribution in [0.15, 0.2) is 48.8 Å². The van der Waals surface area contributed by atoms with Gasteiger partial charge in [-0.2, -0.15) is 5.10 Å². The van der Waals surface area contributed by atoms with E-state index in [1.165, 1.54) is 0 Å². The fourth-order valence-electron chi connectivity index (χ4n) is 3.86. The molecule has 2 aliphatic heterocycles.